The number of phenolic OH excluding ortho intramolecular Hbond substituents is 1. The lowest BCUT2D eigenvalue weighted by Gasteiger charge is -2.29. The van der Waals surface area contributed by atoms with Gasteiger partial charge in [-0.1, -0.05) is 22.9 Å². The monoisotopic (exact) mass is 331 g/mol. The molecule has 0 radical (unpaired) electrons. The fourth-order valence-corrected chi connectivity index (χ4v) is 2.35. The summed E-state index contributed by atoms with van der Waals surface area (Å²) in [5, 5.41) is 22.6. The summed E-state index contributed by atoms with van der Waals surface area (Å²) >= 11 is 3.40. The van der Waals surface area contributed by atoms with Crippen LogP contribution in [0.4, 0.5) is 0 Å². The summed E-state index contributed by atoms with van der Waals surface area (Å²) in [4.78, 5) is 0. The Kier molecular flexibility index (Phi) is 6.10. The fraction of sp³-hybridized carbons (Fsp3) is 0.571. The largest absolute Gasteiger partial charge is 0.504 e. The summed E-state index contributed by atoms with van der Waals surface area (Å²) in [6, 6.07) is 3.59. The van der Waals surface area contributed by atoms with Crippen molar-refractivity contribution < 1.29 is 14.9 Å². The molecule has 3 N–H and O–H groups in total. The molecule has 0 aliphatic heterocycles. The number of rotatable bonds is 7. The van der Waals surface area contributed by atoms with Gasteiger partial charge in [-0.15, -0.1) is 0 Å². The summed E-state index contributed by atoms with van der Waals surface area (Å²) in [6.45, 7) is 4.80. The molecule has 0 fully saturated rings. The van der Waals surface area contributed by atoms with E-state index in [1.54, 1.807) is 6.07 Å². The molecule has 1 atom stereocenters. The average molecular weight is 332 g/mol. The molecular formula is C14H22BrNO3. The minimum Gasteiger partial charge on any atom is -0.504 e. The van der Waals surface area contributed by atoms with Crippen LogP contribution in [-0.2, 0) is 6.54 Å². The molecular weight excluding hydrogens is 310 g/mol. The Morgan fingerprint density at radius 1 is 1.42 bits per heavy atom. The Bertz CT molecular complexity index is 425. The second-order valence-corrected chi connectivity index (χ2v) is 5.77. The Morgan fingerprint density at radius 2 is 2.11 bits per heavy atom. The highest BCUT2D eigenvalue weighted by atomic mass is 79.9. The average Bonchev–Trinajstić information content (AvgIpc) is 2.39. The molecule has 1 rings (SSSR count). The Labute approximate surface area is 122 Å². The number of methoxy groups -OCH3 is 1. The van der Waals surface area contributed by atoms with Crippen LogP contribution in [0.5, 0.6) is 11.5 Å². The van der Waals surface area contributed by atoms with Gasteiger partial charge in [-0.05, 0) is 31.9 Å². The summed E-state index contributed by atoms with van der Waals surface area (Å²) in [6.07, 6.45) is 1.58. The molecule has 4 nitrogen and oxygen atoms in total. The van der Waals surface area contributed by atoms with E-state index in [0.29, 0.717) is 18.7 Å². The van der Waals surface area contributed by atoms with Crippen molar-refractivity contribution in [3.8, 4) is 11.5 Å². The smallest absolute Gasteiger partial charge is 0.162 e. The molecule has 1 unspecified atom stereocenters. The maximum atomic E-state index is 10.1. The molecule has 1 aromatic carbocycles. The Hall–Kier alpha value is -0.780. The van der Waals surface area contributed by atoms with Crippen molar-refractivity contribution in [1.82, 2.24) is 5.32 Å². The summed E-state index contributed by atoms with van der Waals surface area (Å²) in [5.74, 6) is 0.604. The van der Waals surface area contributed by atoms with Crippen molar-refractivity contribution in [3.05, 3.63) is 22.2 Å². The molecule has 1 aromatic rings. The zero-order chi connectivity index (χ0) is 14.5. The van der Waals surface area contributed by atoms with Crippen LogP contribution >= 0.6 is 15.9 Å². The van der Waals surface area contributed by atoms with E-state index < -0.39 is 0 Å². The van der Waals surface area contributed by atoms with Crippen LogP contribution in [0.15, 0.2) is 16.6 Å². The SMILES string of the molecule is CCC(C)(CCO)NCc1cc(Br)cc(OC)c1O. The van der Waals surface area contributed by atoms with Gasteiger partial charge in [0.2, 0.25) is 0 Å². The fourth-order valence-electron chi connectivity index (χ4n) is 1.86. The molecule has 108 valence electrons. The van der Waals surface area contributed by atoms with E-state index >= 15 is 0 Å². The van der Waals surface area contributed by atoms with E-state index in [2.05, 4.69) is 35.1 Å². The van der Waals surface area contributed by atoms with E-state index in [4.69, 9.17) is 9.84 Å². The maximum Gasteiger partial charge on any atom is 0.162 e. The standard InChI is InChI=1S/C14H22BrNO3/c1-4-14(2,5-6-17)16-9-10-7-11(15)8-12(19-3)13(10)18/h7-8,16-18H,4-6,9H2,1-3H3. The first-order valence-corrected chi connectivity index (χ1v) is 7.16. The third kappa shape index (κ3) is 4.37. The minimum atomic E-state index is -0.142. The molecule has 0 spiro atoms. The zero-order valence-corrected chi connectivity index (χ0v) is 13.2. The van der Waals surface area contributed by atoms with E-state index in [1.807, 2.05) is 6.07 Å². The Morgan fingerprint density at radius 3 is 2.63 bits per heavy atom. The van der Waals surface area contributed by atoms with Crippen LogP contribution in [0, 0.1) is 0 Å². The summed E-state index contributed by atoms with van der Waals surface area (Å²) in [5.41, 5.74) is 0.625. The van der Waals surface area contributed by atoms with E-state index in [-0.39, 0.29) is 17.9 Å². The lowest BCUT2D eigenvalue weighted by atomic mass is 9.94. The molecule has 0 saturated heterocycles. The van der Waals surface area contributed by atoms with Crippen LogP contribution in [0.3, 0.4) is 0 Å². The topological polar surface area (TPSA) is 61.7 Å². The predicted molar refractivity (Wildman–Crippen MR) is 79.6 cm³/mol. The second-order valence-electron chi connectivity index (χ2n) is 4.86. The highest BCUT2D eigenvalue weighted by Gasteiger charge is 2.21. The molecule has 0 heterocycles. The number of aromatic hydroxyl groups is 1. The van der Waals surface area contributed by atoms with Gasteiger partial charge in [0, 0.05) is 28.7 Å². The summed E-state index contributed by atoms with van der Waals surface area (Å²) in [7, 11) is 1.53. The van der Waals surface area contributed by atoms with Gasteiger partial charge in [-0.3, -0.25) is 0 Å². The van der Waals surface area contributed by atoms with E-state index in [1.165, 1.54) is 7.11 Å². The lowest BCUT2D eigenvalue weighted by Crippen LogP contribution is -2.42. The third-order valence-corrected chi connectivity index (χ3v) is 3.95. The predicted octanol–water partition coefficient (Wildman–Crippen LogP) is 2.80. The Balaban J connectivity index is 2.85. The number of halogens is 1. The van der Waals surface area contributed by atoms with Gasteiger partial charge in [0.15, 0.2) is 11.5 Å². The number of aliphatic hydroxyl groups is 1. The highest BCUT2D eigenvalue weighted by molar-refractivity contribution is 9.10. The van der Waals surface area contributed by atoms with Crippen molar-refractivity contribution in [3.63, 3.8) is 0 Å². The van der Waals surface area contributed by atoms with Crippen LogP contribution in [0.1, 0.15) is 32.3 Å². The maximum absolute atomic E-state index is 10.1. The molecule has 0 bridgehead atoms. The first kappa shape index (κ1) is 16.3. The van der Waals surface area contributed by atoms with Gasteiger partial charge in [0.25, 0.3) is 0 Å². The van der Waals surface area contributed by atoms with Crippen molar-refractivity contribution in [2.75, 3.05) is 13.7 Å². The lowest BCUT2D eigenvalue weighted by molar-refractivity contribution is 0.214. The normalized spacial score (nSPS) is 14.2. The van der Waals surface area contributed by atoms with Crippen LogP contribution in [0.25, 0.3) is 0 Å². The van der Waals surface area contributed by atoms with Gasteiger partial charge >= 0.3 is 0 Å². The third-order valence-electron chi connectivity index (χ3n) is 3.49. The second kappa shape index (κ2) is 7.12. The van der Waals surface area contributed by atoms with Crippen molar-refractivity contribution in [2.24, 2.45) is 0 Å². The molecule has 0 aliphatic rings. The van der Waals surface area contributed by atoms with Crippen molar-refractivity contribution in [1.29, 1.82) is 0 Å². The molecule has 19 heavy (non-hydrogen) atoms. The van der Waals surface area contributed by atoms with Crippen molar-refractivity contribution in [2.45, 2.75) is 38.8 Å². The first-order chi connectivity index (χ1) is 8.95. The molecule has 5 heteroatoms. The van der Waals surface area contributed by atoms with Gasteiger partial charge in [0.1, 0.15) is 0 Å². The van der Waals surface area contributed by atoms with Gasteiger partial charge < -0.3 is 20.3 Å². The van der Waals surface area contributed by atoms with Gasteiger partial charge in [0.05, 0.1) is 7.11 Å². The number of hydrogen-bond acceptors (Lipinski definition) is 4. The van der Waals surface area contributed by atoms with Crippen LogP contribution in [0.2, 0.25) is 0 Å². The number of hydrogen-bond donors (Lipinski definition) is 3. The number of benzene rings is 1. The molecule has 0 aliphatic carbocycles. The number of ether oxygens (including phenoxy) is 1. The minimum absolute atomic E-state index is 0.142. The number of aliphatic hydroxyl groups excluding tert-OH is 1. The first-order valence-electron chi connectivity index (χ1n) is 6.37. The van der Waals surface area contributed by atoms with E-state index in [9.17, 15) is 5.11 Å². The van der Waals surface area contributed by atoms with Crippen LogP contribution < -0.4 is 10.1 Å². The van der Waals surface area contributed by atoms with Gasteiger partial charge in [-0.2, -0.15) is 0 Å². The molecule has 0 amide bonds. The quantitative estimate of drug-likeness (QED) is 0.719. The highest BCUT2D eigenvalue weighted by Crippen LogP contribution is 2.33. The molecule has 0 saturated carbocycles. The van der Waals surface area contributed by atoms with Crippen LogP contribution in [-0.4, -0.2) is 29.5 Å². The zero-order valence-electron chi connectivity index (χ0n) is 11.7. The molecule has 0 aromatic heterocycles. The number of phenols is 1. The van der Waals surface area contributed by atoms with E-state index in [0.717, 1.165) is 16.5 Å². The van der Waals surface area contributed by atoms with Crippen molar-refractivity contribution >= 4 is 15.9 Å². The van der Waals surface area contributed by atoms with Gasteiger partial charge in [-0.25, -0.2) is 0 Å². The summed E-state index contributed by atoms with van der Waals surface area (Å²) < 4.78 is 5.98. The number of nitrogens with one attached hydrogen (secondary N) is 1.